The predicted molar refractivity (Wildman–Crippen MR) is 73.6 cm³/mol. The van der Waals surface area contributed by atoms with Gasteiger partial charge in [0.2, 0.25) is 5.88 Å². The number of ether oxygens (including phenoxy) is 2. The summed E-state index contributed by atoms with van der Waals surface area (Å²) in [5.41, 5.74) is 2.30. The van der Waals surface area contributed by atoms with E-state index in [9.17, 15) is 4.79 Å². The SMILES string of the molecule is CCOC(=O)c1ccc2cc(CC)c(OC)nc2c1. The van der Waals surface area contributed by atoms with Gasteiger partial charge in [-0.3, -0.25) is 0 Å². The van der Waals surface area contributed by atoms with Crippen molar-refractivity contribution in [1.82, 2.24) is 4.98 Å². The number of nitrogens with zero attached hydrogens (tertiary/aromatic N) is 1. The minimum absolute atomic E-state index is 0.329. The maximum Gasteiger partial charge on any atom is 0.338 e. The fourth-order valence-electron chi connectivity index (χ4n) is 1.96. The zero-order valence-electron chi connectivity index (χ0n) is 11.4. The maximum absolute atomic E-state index is 11.7. The number of carbonyl (C=O) groups excluding carboxylic acids is 1. The molecule has 0 atom stereocenters. The highest BCUT2D eigenvalue weighted by atomic mass is 16.5. The summed E-state index contributed by atoms with van der Waals surface area (Å²) in [4.78, 5) is 16.1. The van der Waals surface area contributed by atoms with Crippen LogP contribution in [0.25, 0.3) is 10.9 Å². The van der Waals surface area contributed by atoms with Gasteiger partial charge in [-0.05, 0) is 31.5 Å². The van der Waals surface area contributed by atoms with Crippen LogP contribution in [0.3, 0.4) is 0 Å². The normalized spacial score (nSPS) is 10.5. The second-order valence-corrected chi connectivity index (χ2v) is 4.14. The number of hydrogen-bond donors (Lipinski definition) is 0. The molecule has 1 aromatic heterocycles. The van der Waals surface area contributed by atoms with Crippen LogP contribution in [0, 0.1) is 0 Å². The number of fused-ring (bicyclic) bond motifs is 1. The van der Waals surface area contributed by atoms with Gasteiger partial charge in [0.25, 0.3) is 0 Å². The number of esters is 1. The van der Waals surface area contributed by atoms with Gasteiger partial charge in [0.15, 0.2) is 0 Å². The molecule has 0 spiro atoms. The van der Waals surface area contributed by atoms with Crippen LogP contribution in [0.1, 0.15) is 29.8 Å². The highest BCUT2D eigenvalue weighted by Gasteiger charge is 2.10. The molecule has 19 heavy (non-hydrogen) atoms. The van der Waals surface area contributed by atoms with E-state index in [1.807, 2.05) is 12.1 Å². The molecule has 0 saturated heterocycles. The highest BCUT2D eigenvalue weighted by molar-refractivity contribution is 5.94. The number of benzene rings is 1. The molecule has 100 valence electrons. The molecule has 0 unspecified atom stereocenters. The summed E-state index contributed by atoms with van der Waals surface area (Å²) in [6.45, 7) is 4.20. The molecule has 0 N–H and O–H groups in total. The van der Waals surface area contributed by atoms with E-state index in [0.29, 0.717) is 18.1 Å². The fourth-order valence-corrected chi connectivity index (χ4v) is 1.96. The first-order valence-corrected chi connectivity index (χ1v) is 6.34. The van der Waals surface area contributed by atoms with Crippen molar-refractivity contribution in [3.05, 3.63) is 35.4 Å². The van der Waals surface area contributed by atoms with Crippen LogP contribution < -0.4 is 4.74 Å². The molecule has 2 rings (SSSR count). The largest absolute Gasteiger partial charge is 0.481 e. The van der Waals surface area contributed by atoms with Gasteiger partial charge in [-0.2, -0.15) is 0 Å². The zero-order valence-corrected chi connectivity index (χ0v) is 11.4. The summed E-state index contributed by atoms with van der Waals surface area (Å²) in [5.74, 6) is 0.278. The van der Waals surface area contributed by atoms with E-state index < -0.39 is 0 Å². The minimum Gasteiger partial charge on any atom is -0.481 e. The van der Waals surface area contributed by atoms with E-state index in [4.69, 9.17) is 9.47 Å². The van der Waals surface area contributed by atoms with Gasteiger partial charge in [-0.25, -0.2) is 9.78 Å². The van der Waals surface area contributed by atoms with Gasteiger partial charge >= 0.3 is 5.97 Å². The first kappa shape index (κ1) is 13.3. The summed E-state index contributed by atoms with van der Waals surface area (Å²) >= 11 is 0. The van der Waals surface area contributed by atoms with Crippen molar-refractivity contribution in [2.24, 2.45) is 0 Å². The van der Waals surface area contributed by atoms with Crippen molar-refractivity contribution in [3.63, 3.8) is 0 Å². The topological polar surface area (TPSA) is 48.4 Å². The third-order valence-electron chi connectivity index (χ3n) is 2.94. The molecule has 0 radical (unpaired) electrons. The van der Waals surface area contributed by atoms with Crippen molar-refractivity contribution >= 4 is 16.9 Å². The molecule has 0 aliphatic heterocycles. The van der Waals surface area contributed by atoms with Crippen molar-refractivity contribution in [3.8, 4) is 5.88 Å². The van der Waals surface area contributed by atoms with Crippen LogP contribution in [0.4, 0.5) is 0 Å². The Hall–Kier alpha value is -2.10. The molecule has 0 amide bonds. The van der Waals surface area contributed by atoms with Gasteiger partial charge in [0.05, 0.1) is 24.8 Å². The number of aromatic nitrogens is 1. The Morgan fingerprint density at radius 3 is 2.68 bits per heavy atom. The molecular formula is C15H17NO3. The average molecular weight is 259 g/mol. The molecule has 0 aliphatic carbocycles. The van der Waals surface area contributed by atoms with Crippen LogP contribution in [0.2, 0.25) is 0 Å². The summed E-state index contributed by atoms with van der Waals surface area (Å²) < 4.78 is 10.2. The number of hydrogen-bond acceptors (Lipinski definition) is 4. The molecule has 1 heterocycles. The summed E-state index contributed by atoms with van der Waals surface area (Å²) in [6, 6.07) is 7.41. The standard InChI is InChI=1S/C15H17NO3/c1-4-10-8-11-6-7-12(15(17)19-5-2)9-13(11)16-14(10)18-3/h6-9H,4-5H2,1-3H3. The van der Waals surface area contributed by atoms with Gasteiger partial charge in [-0.15, -0.1) is 0 Å². The monoisotopic (exact) mass is 259 g/mol. The van der Waals surface area contributed by atoms with Crippen molar-refractivity contribution < 1.29 is 14.3 Å². The number of carbonyl (C=O) groups is 1. The Morgan fingerprint density at radius 1 is 1.26 bits per heavy atom. The van der Waals surface area contributed by atoms with E-state index in [0.717, 1.165) is 22.9 Å². The number of rotatable bonds is 4. The molecule has 0 aliphatic rings. The van der Waals surface area contributed by atoms with Crippen LogP contribution in [-0.4, -0.2) is 24.7 Å². The van der Waals surface area contributed by atoms with E-state index in [1.165, 1.54) is 0 Å². The summed E-state index contributed by atoms with van der Waals surface area (Å²) in [5, 5.41) is 0.991. The Labute approximate surface area is 112 Å². The lowest BCUT2D eigenvalue weighted by Gasteiger charge is -2.08. The lowest BCUT2D eigenvalue weighted by Crippen LogP contribution is -2.04. The quantitative estimate of drug-likeness (QED) is 0.792. The van der Waals surface area contributed by atoms with Crippen LogP contribution >= 0.6 is 0 Å². The van der Waals surface area contributed by atoms with E-state index in [-0.39, 0.29) is 5.97 Å². The van der Waals surface area contributed by atoms with Gasteiger partial charge < -0.3 is 9.47 Å². The van der Waals surface area contributed by atoms with Gasteiger partial charge in [-0.1, -0.05) is 13.0 Å². The first-order chi connectivity index (χ1) is 9.19. The highest BCUT2D eigenvalue weighted by Crippen LogP contribution is 2.23. The van der Waals surface area contributed by atoms with Gasteiger partial charge in [0.1, 0.15) is 0 Å². The molecule has 0 bridgehead atoms. The molecular weight excluding hydrogens is 242 g/mol. The van der Waals surface area contributed by atoms with E-state index in [2.05, 4.69) is 11.9 Å². The molecule has 0 saturated carbocycles. The van der Waals surface area contributed by atoms with Crippen molar-refractivity contribution in [2.75, 3.05) is 13.7 Å². The Kier molecular flexibility index (Phi) is 4.00. The smallest absolute Gasteiger partial charge is 0.338 e. The second kappa shape index (κ2) is 5.69. The first-order valence-electron chi connectivity index (χ1n) is 6.34. The number of aryl methyl sites for hydroxylation is 1. The fraction of sp³-hybridized carbons (Fsp3) is 0.333. The lowest BCUT2D eigenvalue weighted by molar-refractivity contribution is 0.0526. The number of pyridine rings is 1. The van der Waals surface area contributed by atoms with E-state index >= 15 is 0 Å². The molecule has 4 nitrogen and oxygen atoms in total. The van der Waals surface area contributed by atoms with Crippen molar-refractivity contribution in [1.29, 1.82) is 0 Å². The third kappa shape index (κ3) is 2.67. The number of methoxy groups -OCH3 is 1. The Balaban J connectivity index is 2.50. The van der Waals surface area contributed by atoms with Crippen LogP contribution in [-0.2, 0) is 11.2 Å². The lowest BCUT2D eigenvalue weighted by atomic mass is 10.1. The second-order valence-electron chi connectivity index (χ2n) is 4.14. The Morgan fingerprint density at radius 2 is 2.05 bits per heavy atom. The van der Waals surface area contributed by atoms with Gasteiger partial charge in [0, 0.05) is 10.9 Å². The predicted octanol–water partition coefficient (Wildman–Crippen LogP) is 2.98. The van der Waals surface area contributed by atoms with E-state index in [1.54, 1.807) is 26.2 Å². The van der Waals surface area contributed by atoms with Crippen LogP contribution in [0.15, 0.2) is 24.3 Å². The molecule has 0 fully saturated rings. The molecule has 4 heteroatoms. The molecule has 2 aromatic rings. The molecule has 1 aromatic carbocycles. The third-order valence-corrected chi connectivity index (χ3v) is 2.94. The van der Waals surface area contributed by atoms with Crippen LogP contribution in [0.5, 0.6) is 5.88 Å². The summed E-state index contributed by atoms with van der Waals surface area (Å²) in [7, 11) is 1.60. The minimum atomic E-state index is -0.329. The Bertz CT molecular complexity index is 608. The van der Waals surface area contributed by atoms with Crippen molar-refractivity contribution in [2.45, 2.75) is 20.3 Å². The maximum atomic E-state index is 11.7. The average Bonchev–Trinajstić information content (AvgIpc) is 2.45. The summed E-state index contributed by atoms with van der Waals surface area (Å²) in [6.07, 6.45) is 0.853. The zero-order chi connectivity index (χ0) is 13.8.